The Morgan fingerprint density at radius 1 is 1.06 bits per heavy atom. The number of H-pyrrole nitrogens is 1. The van der Waals surface area contributed by atoms with Gasteiger partial charge in [-0.05, 0) is 50.4 Å². The summed E-state index contributed by atoms with van der Waals surface area (Å²) in [7, 11) is 0. The molecule has 2 aromatic rings. The zero-order valence-corrected chi connectivity index (χ0v) is 18.1. The zero-order valence-electron chi connectivity index (χ0n) is 18.1. The highest BCUT2D eigenvalue weighted by Crippen LogP contribution is 2.45. The number of aromatic amines is 1. The van der Waals surface area contributed by atoms with Crippen molar-refractivity contribution in [2.24, 2.45) is 17.8 Å². The van der Waals surface area contributed by atoms with Crippen molar-refractivity contribution >= 4 is 16.9 Å². The maximum Gasteiger partial charge on any atom is 0.262 e. The van der Waals surface area contributed by atoms with E-state index in [0.29, 0.717) is 41.5 Å². The van der Waals surface area contributed by atoms with Crippen LogP contribution in [-0.4, -0.2) is 49.6 Å². The minimum atomic E-state index is -2.62. The van der Waals surface area contributed by atoms with Gasteiger partial charge in [-0.3, -0.25) is 9.59 Å². The van der Waals surface area contributed by atoms with Crippen LogP contribution in [0.5, 0.6) is 0 Å². The minimum Gasteiger partial charge on any atom is -0.342 e. The Bertz CT molecular complexity index is 1090. The first-order valence-electron chi connectivity index (χ1n) is 12.0. The Morgan fingerprint density at radius 2 is 1.78 bits per heavy atom. The van der Waals surface area contributed by atoms with E-state index in [1.54, 1.807) is 4.68 Å². The molecule has 4 fully saturated rings. The summed E-state index contributed by atoms with van der Waals surface area (Å²) in [6.07, 6.45) is 7.12. The van der Waals surface area contributed by atoms with E-state index in [2.05, 4.69) is 10.1 Å². The fourth-order valence-corrected chi connectivity index (χ4v) is 6.44. The molecule has 2 aromatic heterocycles. The summed E-state index contributed by atoms with van der Waals surface area (Å²) in [6, 6.07) is -0.183. The number of fused-ring (bicyclic) bond motifs is 2. The number of nitrogens with zero attached hydrogens (tertiary/aromatic N) is 4. The van der Waals surface area contributed by atoms with E-state index in [-0.39, 0.29) is 42.2 Å². The quantitative estimate of drug-likeness (QED) is 0.782. The van der Waals surface area contributed by atoms with Crippen molar-refractivity contribution < 1.29 is 13.6 Å². The molecule has 1 N–H and O–H groups in total. The second-order valence-electron chi connectivity index (χ2n) is 10.3. The number of halogens is 2. The summed E-state index contributed by atoms with van der Waals surface area (Å²) < 4.78 is 28.9. The number of rotatable bonds is 3. The molecule has 4 aliphatic rings. The molecule has 1 amide bonds. The van der Waals surface area contributed by atoms with Crippen LogP contribution in [0, 0.1) is 17.8 Å². The summed E-state index contributed by atoms with van der Waals surface area (Å²) >= 11 is 0. The summed E-state index contributed by atoms with van der Waals surface area (Å²) in [4.78, 5) is 35.6. The van der Waals surface area contributed by atoms with Crippen LogP contribution < -0.4 is 5.56 Å². The van der Waals surface area contributed by atoms with E-state index < -0.39 is 5.92 Å². The second kappa shape index (κ2) is 7.35. The summed E-state index contributed by atoms with van der Waals surface area (Å²) in [6.45, 7) is 1.74. The van der Waals surface area contributed by atoms with Gasteiger partial charge >= 0.3 is 0 Å². The first-order valence-corrected chi connectivity index (χ1v) is 12.0. The van der Waals surface area contributed by atoms with E-state index in [9.17, 15) is 18.4 Å². The Hall–Kier alpha value is -2.32. The van der Waals surface area contributed by atoms with Crippen LogP contribution in [0.15, 0.2) is 11.0 Å². The van der Waals surface area contributed by atoms with Crippen LogP contribution >= 0.6 is 0 Å². The molecule has 0 spiro atoms. The number of aromatic nitrogens is 4. The van der Waals surface area contributed by atoms with Crippen LogP contribution in [0.2, 0.25) is 0 Å². The van der Waals surface area contributed by atoms with Crippen LogP contribution in [0.25, 0.3) is 11.0 Å². The molecule has 0 unspecified atom stereocenters. The van der Waals surface area contributed by atoms with Gasteiger partial charge in [-0.1, -0.05) is 6.42 Å². The third-order valence-corrected chi connectivity index (χ3v) is 8.49. The molecule has 7 nitrogen and oxygen atoms in total. The van der Waals surface area contributed by atoms with E-state index in [1.165, 1.54) is 25.5 Å². The summed E-state index contributed by atoms with van der Waals surface area (Å²) in [5.41, 5.74) is 0.180. The van der Waals surface area contributed by atoms with E-state index in [0.717, 1.165) is 25.9 Å². The minimum absolute atomic E-state index is 0.0981. The van der Waals surface area contributed by atoms with Crippen molar-refractivity contribution in [1.29, 1.82) is 0 Å². The first kappa shape index (κ1) is 20.3. The van der Waals surface area contributed by atoms with Crippen molar-refractivity contribution in [3.8, 4) is 0 Å². The lowest BCUT2D eigenvalue weighted by atomic mass is 9.72. The fraction of sp³-hybridized carbons (Fsp3) is 0.739. The largest absolute Gasteiger partial charge is 0.342 e. The fourth-order valence-electron chi connectivity index (χ4n) is 6.44. The molecule has 32 heavy (non-hydrogen) atoms. The predicted molar refractivity (Wildman–Crippen MR) is 113 cm³/mol. The number of carbonyl (C=O) groups is 1. The van der Waals surface area contributed by atoms with Crippen molar-refractivity contribution in [3.05, 3.63) is 22.4 Å². The van der Waals surface area contributed by atoms with Gasteiger partial charge in [-0.15, -0.1) is 0 Å². The van der Waals surface area contributed by atoms with Crippen molar-refractivity contribution in [3.63, 3.8) is 0 Å². The Balaban J connectivity index is 1.25. The molecule has 0 radical (unpaired) electrons. The smallest absolute Gasteiger partial charge is 0.262 e. The maximum atomic E-state index is 13.6. The number of amides is 1. The molecule has 172 valence electrons. The van der Waals surface area contributed by atoms with Gasteiger partial charge in [0.25, 0.3) is 5.56 Å². The Kier molecular flexibility index (Phi) is 4.66. The highest BCUT2D eigenvalue weighted by molar-refractivity contribution is 5.81. The Morgan fingerprint density at radius 3 is 2.44 bits per heavy atom. The molecule has 1 aliphatic heterocycles. The number of hydrogen-bond donors (Lipinski definition) is 1. The normalized spacial score (nSPS) is 32.2. The van der Waals surface area contributed by atoms with E-state index in [4.69, 9.17) is 4.98 Å². The van der Waals surface area contributed by atoms with Gasteiger partial charge < -0.3 is 9.88 Å². The average molecular weight is 446 g/mol. The molecule has 1 saturated heterocycles. The lowest BCUT2D eigenvalue weighted by Gasteiger charge is -2.37. The van der Waals surface area contributed by atoms with Crippen molar-refractivity contribution in [1.82, 2.24) is 24.6 Å². The van der Waals surface area contributed by atoms with Gasteiger partial charge in [0.05, 0.1) is 12.2 Å². The third kappa shape index (κ3) is 3.27. The molecule has 3 heterocycles. The van der Waals surface area contributed by atoms with Gasteiger partial charge in [0.1, 0.15) is 11.2 Å². The molecule has 4 atom stereocenters. The lowest BCUT2D eigenvalue weighted by Crippen LogP contribution is -2.42. The topological polar surface area (TPSA) is 83.9 Å². The molecule has 0 aromatic carbocycles. The molecule has 9 heteroatoms. The molecule has 3 saturated carbocycles. The van der Waals surface area contributed by atoms with Crippen LogP contribution in [0.1, 0.15) is 75.6 Å². The third-order valence-electron chi connectivity index (χ3n) is 8.49. The van der Waals surface area contributed by atoms with Crippen LogP contribution in [0.4, 0.5) is 8.78 Å². The van der Waals surface area contributed by atoms with Crippen LogP contribution in [0.3, 0.4) is 0 Å². The monoisotopic (exact) mass is 445 g/mol. The van der Waals surface area contributed by atoms with Gasteiger partial charge in [0.15, 0.2) is 5.65 Å². The van der Waals surface area contributed by atoms with E-state index in [1.807, 2.05) is 4.90 Å². The highest BCUT2D eigenvalue weighted by atomic mass is 19.3. The second-order valence-corrected chi connectivity index (χ2v) is 10.3. The van der Waals surface area contributed by atoms with Gasteiger partial charge in [0, 0.05) is 37.8 Å². The Labute approximate surface area is 184 Å². The number of carbonyl (C=O) groups excluding carboxylic acids is 1. The standard InChI is InChI=1S/C23H29F2N5O2/c24-23(25)8-6-15(7-9-23)30-20-18(10-26-30)21(31)28-19(27-20)16-4-5-17(16)22(32)29-11-13-2-1-3-14(13)12-29/h10,13-17H,1-9,11-12H2,(H,27,28,31)/t13-,14+,16-,17-/m0/s1. The SMILES string of the molecule is O=C([C@H]1CC[C@@H]1c1nc2c(cnn2C2CCC(F)(F)CC2)c(=O)[nH]1)N1C[C@H]2CCC[C@H]2C1. The lowest BCUT2D eigenvalue weighted by molar-refractivity contribution is -0.138. The predicted octanol–water partition coefficient (Wildman–Crippen LogP) is 3.62. The summed E-state index contributed by atoms with van der Waals surface area (Å²) in [5.74, 6) is -0.815. The zero-order chi connectivity index (χ0) is 22.0. The van der Waals surface area contributed by atoms with Gasteiger partial charge in [-0.2, -0.15) is 5.10 Å². The van der Waals surface area contributed by atoms with Crippen molar-refractivity contribution in [2.75, 3.05) is 13.1 Å². The molecule has 0 bridgehead atoms. The number of alkyl halides is 2. The molecular formula is C23H29F2N5O2. The molecule has 3 aliphatic carbocycles. The van der Waals surface area contributed by atoms with Gasteiger partial charge in [0.2, 0.25) is 11.8 Å². The highest BCUT2D eigenvalue weighted by Gasteiger charge is 2.45. The van der Waals surface area contributed by atoms with Crippen LogP contribution in [-0.2, 0) is 4.79 Å². The number of hydrogen-bond acceptors (Lipinski definition) is 4. The first-order chi connectivity index (χ1) is 15.4. The van der Waals surface area contributed by atoms with E-state index >= 15 is 0 Å². The summed E-state index contributed by atoms with van der Waals surface area (Å²) in [5, 5.41) is 4.71. The molecule has 6 rings (SSSR count). The number of nitrogens with one attached hydrogen (secondary N) is 1. The van der Waals surface area contributed by atoms with Crippen molar-refractivity contribution in [2.45, 2.75) is 75.7 Å². The van der Waals surface area contributed by atoms with Gasteiger partial charge in [-0.25, -0.2) is 18.4 Å². The molecular weight excluding hydrogens is 416 g/mol. The maximum absolute atomic E-state index is 13.6. The average Bonchev–Trinajstić information content (AvgIpc) is 3.42. The number of likely N-dealkylation sites (tertiary alicyclic amines) is 1.